The molecule has 0 bridgehead atoms. The van der Waals surface area contributed by atoms with E-state index in [1.165, 1.54) is 10.4 Å². The van der Waals surface area contributed by atoms with Crippen LogP contribution < -0.4 is 4.74 Å². The van der Waals surface area contributed by atoms with Crippen molar-refractivity contribution >= 4 is 11.3 Å². The van der Waals surface area contributed by atoms with Gasteiger partial charge in [-0.1, -0.05) is 12.1 Å². The third-order valence-electron chi connectivity index (χ3n) is 3.34. The van der Waals surface area contributed by atoms with Gasteiger partial charge in [-0.25, -0.2) is 0 Å². The smallest absolute Gasteiger partial charge is 0.122 e. The van der Waals surface area contributed by atoms with Crippen LogP contribution in [0.4, 0.5) is 0 Å². The number of hydrogen-bond donors (Lipinski definition) is 1. The Morgan fingerprint density at radius 3 is 3.11 bits per heavy atom. The average Bonchev–Trinajstić information content (AvgIpc) is 3.05. The van der Waals surface area contributed by atoms with E-state index in [-0.39, 0.29) is 6.10 Å². The van der Waals surface area contributed by atoms with Crippen molar-refractivity contribution in [3.63, 3.8) is 0 Å². The topological polar surface area (TPSA) is 29.5 Å². The normalized spacial score (nSPS) is 15.2. The van der Waals surface area contributed by atoms with Crippen LogP contribution in [0.15, 0.2) is 35.7 Å². The predicted molar refractivity (Wildman–Crippen MR) is 73.2 cm³/mol. The lowest BCUT2D eigenvalue weighted by molar-refractivity contribution is 0.168. The molecule has 1 aliphatic rings. The van der Waals surface area contributed by atoms with E-state index in [0.29, 0.717) is 0 Å². The van der Waals surface area contributed by atoms with E-state index in [2.05, 4.69) is 23.6 Å². The van der Waals surface area contributed by atoms with Crippen LogP contribution in [0, 0.1) is 0 Å². The van der Waals surface area contributed by atoms with Crippen LogP contribution in [0.1, 0.15) is 28.5 Å². The Morgan fingerprint density at radius 2 is 2.28 bits per heavy atom. The summed E-state index contributed by atoms with van der Waals surface area (Å²) in [7, 11) is 0. The fourth-order valence-corrected chi connectivity index (χ4v) is 3.04. The molecule has 0 fully saturated rings. The summed E-state index contributed by atoms with van der Waals surface area (Å²) in [4.78, 5) is 1.33. The van der Waals surface area contributed by atoms with Gasteiger partial charge in [0.25, 0.3) is 0 Å². The molecule has 0 saturated carbocycles. The molecule has 1 aliphatic heterocycles. The first-order chi connectivity index (χ1) is 8.83. The molecule has 2 nitrogen and oxygen atoms in total. The second-order valence-corrected chi connectivity index (χ2v) is 5.63. The van der Waals surface area contributed by atoms with Crippen LogP contribution in [-0.2, 0) is 12.8 Å². The van der Waals surface area contributed by atoms with Gasteiger partial charge in [0.1, 0.15) is 5.75 Å². The van der Waals surface area contributed by atoms with Crippen LogP contribution in [0.2, 0.25) is 0 Å². The van der Waals surface area contributed by atoms with Crippen molar-refractivity contribution < 1.29 is 9.84 Å². The van der Waals surface area contributed by atoms with E-state index in [1.54, 1.807) is 11.3 Å². The Labute approximate surface area is 111 Å². The molecule has 0 amide bonds. The van der Waals surface area contributed by atoms with Crippen LogP contribution in [0.3, 0.4) is 0 Å². The first kappa shape index (κ1) is 11.8. The van der Waals surface area contributed by atoms with Crippen molar-refractivity contribution in [1.29, 1.82) is 0 Å². The standard InChI is InChI=1S/C15H16O2S/c16-14(5-4-13-2-1-9-18-13)11-3-6-15-12(10-11)7-8-17-15/h1-3,6,9-10,14,16H,4-5,7-8H2. The number of aryl methyl sites for hydroxylation is 1. The second kappa shape index (κ2) is 5.12. The monoisotopic (exact) mass is 260 g/mol. The quantitative estimate of drug-likeness (QED) is 0.913. The van der Waals surface area contributed by atoms with Gasteiger partial charge in [-0.3, -0.25) is 0 Å². The van der Waals surface area contributed by atoms with Crippen molar-refractivity contribution in [1.82, 2.24) is 0 Å². The lowest BCUT2D eigenvalue weighted by Gasteiger charge is -2.11. The summed E-state index contributed by atoms with van der Waals surface area (Å²) in [5.41, 5.74) is 2.23. The number of rotatable bonds is 4. The number of ether oxygens (including phenoxy) is 1. The van der Waals surface area contributed by atoms with Gasteiger partial charge in [0, 0.05) is 11.3 Å². The highest BCUT2D eigenvalue weighted by atomic mass is 32.1. The molecule has 3 rings (SSSR count). The Bertz CT molecular complexity index is 519. The Morgan fingerprint density at radius 1 is 1.33 bits per heavy atom. The van der Waals surface area contributed by atoms with Gasteiger partial charge in [-0.15, -0.1) is 11.3 Å². The molecule has 1 N–H and O–H groups in total. The summed E-state index contributed by atoms with van der Waals surface area (Å²) >= 11 is 1.75. The SMILES string of the molecule is OC(CCc1cccs1)c1ccc2c(c1)CCO2. The molecule has 1 aromatic carbocycles. The van der Waals surface area contributed by atoms with Gasteiger partial charge < -0.3 is 9.84 Å². The number of thiophene rings is 1. The average molecular weight is 260 g/mol. The third-order valence-corrected chi connectivity index (χ3v) is 4.28. The van der Waals surface area contributed by atoms with Crippen molar-refractivity contribution in [2.75, 3.05) is 6.61 Å². The van der Waals surface area contributed by atoms with E-state index in [0.717, 1.165) is 37.2 Å². The van der Waals surface area contributed by atoms with Gasteiger partial charge in [-0.2, -0.15) is 0 Å². The summed E-state index contributed by atoms with van der Waals surface area (Å²) in [5, 5.41) is 12.3. The zero-order chi connectivity index (χ0) is 12.4. The molecular formula is C15H16O2S. The fourth-order valence-electron chi connectivity index (χ4n) is 2.31. The first-order valence-electron chi connectivity index (χ1n) is 6.29. The summed E-state index contributed by atoms with van der Waals surface area (Å²) in [5.74, 6) is 0.976. The molecule has 18 heavy (non-hydrogen) atoms. The van der Waals surface area contributed by atoms with E-state index in [1.807, 2.05) is 12.1 Å². The second-order valence-electron chi connectivity index (χ2n) is 4.60. The molecule has 1 atom stereocenters. The zero-order valence-corrected chi connectivity index (χ0v) is 11.0. The van der Waals surface area contributed by atoms with Crippen molar-refractivity contribution in [3.05, 3.63) is 51.7 Å². The van der Waals surface area contributed by atoms with Crippen molar-refractivity contribution in [2.24, 2.45) is 0 Å². The van der Waals surface area contributed by atoms with Crippen molar-refractivity contribution in [2.45, 2.75) is 25.4 Å². The summed E-state index contributed by atoms with van der Waals surface area (Å²) in [6, 6.07) is 10.2. The summed E-state index contributed by atoms with van der Waals surface area (Å²) < 4.78 is 5.47. The number of aliphatic hydroxyl groups is 1. The molecule has 94 valence electrons. The summed E-state index contributed by atoms with van der Waals surface area (Å²) in [6.45, 7) is 0.768. The van der Waals surface area contributed by atoms with Gasteiger partial charge in [0.05, 0.1) is 12.7 Å². The highest BCUT2D eigenvalue weighted by Crippen LogP contribution is 2.29. The molecule has 1 unspecified atom stereocenters. The molecule has 0 radical (unpaired) electrons. The number of benzene rings is 1. The minimum atomic E-state index is -0.377. The number of hydrogen-bond acceptors (Lipinski definition) is 3. The molecule has 2 heterocycles. The fraction of sp³-hybridized carbons (Fsp3) is 0.333. The minimum absolute atomic E-state index is 0.377. The van der Waals surface area contributed by atoms with E-state index >= 15 is 0 Å². The predicted octanol–water partition coefficient (Wildman–Crippen LogP) is 3.35. The lowest BCUT2D eigenvalue weighted by atomic mass is 10.0. The summed E-state index contributed by atoms with van der Waals surface area (Å²) in [6.07, 6.45) is 2.30. The van der Waals surface area contributed by atoms with Crippen LogP contribution in [0.5, 0.6) is 5.75 Å². The zero-order valence-electron chi connectivity index (χ0n) is 10.1. The molecule has 2 aromatic rings. The van der Waals surface area contributed by atoms with Crippen LogP contribution in [-0.4, -0.2) is 11.7 Å². The number of fused-ring (bicyclic) bond motifs is 1. The maximum absolute atomic E-state index is 10.2. The van der Waals surface area contributed by atoms with E-state index in [9.17, 15) is 5.11 Å². The molecule has 0 saturated heterocycles. The largest absolute Gasteiger partial charge is 0.493 e. The van der Waals surface area contributed by atoms with Gasteiger partial charge in [0.15, 0.2) is 0 Å². The van der Waals surface area contributed by atoms with Gasteiger partial charge in [0.2, 0.25) is 0 Å². The third kappa shape index (κ3) is 2.42. The van der Waals surface area contributed by atoms with Gasteiger partial charge >= 0.3 is 0 Å². The molecular weight excluding hydrogens is 244 g/mol. The highest BCUT2D eigenvalue weighted by molar-refractivity contribution is 7.09. The molecule has 0 spiro atoms. The number of aliphatic hydroxyl groups excluding tert-OH is 1. The molecule has 3 heteroatoms. The van der Waals surface area contributed by atoms with E-state index in [4.69, 9.17) is 4.74 Å². The van der Waals surface area contributed by atoms with Gasteiger partial charge in [-0.05, 0) is 47.5 Å². The van der Waals surface area contributed by atoms with Crippen LogP contribution >= 0.6 is 11.3 Å². The van der Waals surface area contributed by atoms with Crippen molar-refractivity contribution in [3.8, 4) is 5.75 Å². The lowest BCUT2D eigenvalue weighted by Crippen LogP contribution is -1.99. The Balaban J connectivity index is 1.67. The molecule has 0 aliphatic carbocycles. The van der Waals surface area contributed by atoms with E-state index < -0.39 is 0 Å². The first-order valence-corrected chi connectivity index (χ1v) is 7.17. The Kier molecular flexibility index (Phi) is 3.35. The highest BCUT2D eigenvalue weighted by Gasteiger charge is 2.15. The molecule has 1 aromatic heterocycles. The van der Waals surface area contributed by atoms with Crippen LogP contribution in [0.25, 0.3) is 0 Å². The minimum Gasteiger partial charge on any atom is -0.493 e. The maximum atomic E-state index is 10.2. The Hall–Kier alpha value is -1.32. The maximum Gasteiger partial charge on any atom is 0.122 e.